The lowest BCUT2D eigenvalue weighted by molar-refractivity contribution is 0.390. The number of aryl methyl sites for hydroxylation is 3. The first-order valence-corrected chi connectivity index (χ1v) is 8.18. The Bertz CT molecular complexity index is 940. The minimum atomic E-state index is -3.79. The van der Waals surface area contributed by atoms with Crippen molar-refractivity contribution in [3.8, 4) is 5.69 Å². The van der Waals surface area contributed by atoms with Crippen molar-refractivity contribution >= 4 is 15.7 Å². The molecule has 10 heteroatoms. The fourth-order valence-corrected chi connectivity index (χ4v) is 3.62. The number of rotatable bonds is 4. The highest BCUT2D eigenvalue weighted by molar-refractivity contribution is 7.92. The summed E-state index contributed by atoms with van der Waals surface area (Å²) in [5.41, 5.74) is 1.34. The molecule has 3 rings (SSSR count). The van der Waals surface area contributed by atoms with Crippen LogP contribution in [0.1, 0.15) is 17.3 Å². The number of anilines is 1. The predicted molar refractivity (Wildman–Crippen MR) is 80.7 cm³/mol. The highest BCUT2D eigenvalue weighted by Crippen LogP contribution is 2.23. The average molecular weight is 334 g/mol. The molecule has 0 aliphatic heterocycles. The van der Waals surface area contributed by atoms with Crippen LogP contribution in [0.2, 0.25) is 0 Å². The van der Waals surface area contributed by atoms with Gasteiger partial charge in [-0.1, -0.05) is 11.2 Å². The highest BCUT2D eigenvalue weighted by Gasteiger charge is 2.24. The number of tetrazole rings is 1. The van der Waals surface area contributed by atoms with Gasteiger partial charge in [-0.25, -0.2) is 8.42 Å². The Hall–Kier alpha value is -2.75. The van der Waals surface area contributed by atoms with Crippen LogP contribution in [0.15, 0.2) is 33.7 Å². The van der Waals surface area contributed by atoms with E-state index < -0.39 is 10.0 Å². The molecule has 0 aliphatic carbocycles. The fourth-order valence-electron chi connectivity index (χ4n) is 2.24. The van der Waals surface area contributed by atoms with E-state index in [4.69, 9.17) is 4.52 Å². The molecule has 2 heterocycles. The summed E-state index contributed by atoms with van der Waals surface area (Å²) in [5, 5.41) is 14.9. The number of nitrogens with one attached hydrogen (secondary N) is 1. The van der Waals surface area contributed by atoms with Crippen molar-refractivity contribution in [3.05, 3.63) is 41.5 Å². The van der Waals surface area contributed by atoms with Crippen molar-refractivity contribution in [1.82, 2.24) is 25.4 Å². The number of aromatic nitrogens is 5. The second-order valence-corrected chi connectivity index (χ2v) is 6.57. The molecular formula is C13H14N6O3S. The van der Waals surface area contributed by atoms with Crippen LogP contribution in [-0.2, 0) is 10.0 Å². The Kier molecular flexibility index (Phi) is 3.60. The number of hydrogen-bond donors (Lipinski definition) is 1. The molecule has 0 bridgehead atoms. The fraction of sp³-hybridized carbons (Fsp3) is 0.231. The van der Waals surface area contributed by atoms with Crippen LogP contribution in [-0.4, -0.2) is 33.8 Å². The van der Waals surface area contributed by atoms with Gasteiger partial charge in [-0.3, -0.25) is 4.72 Å². The van der Waals surface area contributed by atoms with Crippen LogP contribution in [0.5, 0.6) is 0 Å². The Morgan fingerprint density at radius 3 is 2.61 bits per heavy atom. The van der Waals surface area contributed by atoms with Crippen molar-refractivity contribution in [2.24, 2.45) is 0 Å². The first kappa shape index (κ1) is 15.2. The second kappa shape index (κ2) is 5.47. The summed E-state index contributed by atoms with van der Waals surface area (Å²) in [6.45, 7) is 4.88. The number of sulfonamides is 1. The topological polar surface area (TPSA) is 116 Å². The first-order chi connectivity index (χ1) is 10.9. The summed E-state index contributed by atoms with van der Waals surface area (Å²) < 4.78 is 34.0. The van der Waals surface area contributed by atoms with Crippen LogP contribution in [0.4, 0.5) is 5.69 Å². The van der Waals surface area contributed by atoms with Gasteiger partial charge in [-0.05, 0) is 49.4 Å². The van der Waals surface area contributed by atoms with Gasteiger partial charge in [0, 0.05) is 0 Å². The average Bonchev–Trinajstić information content (AvgIpc) is 3.05. The third-order valence-corrected chi connectivity index (χ3v) is 4.83. The lowest BCUT2D eigenvalue weighted by Gasteiger charge is -2.09. The first-order valence-electron chi connectivity index (χ1n) is 6.69. The molecule has 23 heavy (non-hydrogen) atoms. The Morgan fingerprint density at radius 1 is 1.22 bits per heavy atom. The number of nitrogens with zero attached hydrogens (tertiary/aromatic N) is 5. The van der Waals surface area contributed by atoms with E-state index in [1.807, 2.05) is 0 Å². The van der Waals surface area contributed by atoms with E-state index in [1.54, 1.807) is 45.0 Å². The van der Waals surface area contributed by atoms with Crippen molar-refractivity contribution < 1.29 is 12.9 Å². The van der Waals surface area contributed by atoms with Gasteiger partial charge < -0.3 is 4.52 Å². The molecule has 0 fully saturated rings. The summed E-state index contributed by atoms with van der Waals surface area (Å²) in [6, 6.07) is 6.76. The zero-order valence-electron chi connectivity index (χ0n) is 12.7. The molecule has 1 aromatic carbocycles. The SMILES string of the molecule is Cc1noc(C)c1S(=O)(=O)Nc1cccc(-n2nnnc2C)c1. The van der Waals surface area contributed by atoms with Gasteiger partial charge in [0.2, 0.25) is 0 Å². The summed E-state index contributed by atoms with van der Waals surface area (Å²) >= 11 is 0. The number of hydrogen-bond acceptors (Lipinski definition) is 7. The summed E-state index contributed by atoms with van der Waals surface area (Å²) in [4.78, 5) is 0.0431. The molecule has 9 nitrogen and oxygen atoms in total. The Balaban J connectivity index is 1.97. The largest absolute Gasteiger partial charge is 0.360 e. The van der Waals surface area contributed by atoms with E-state index >= 15 is 0 Å². The lowest BCUT2D eigenvalue weighted by atomic mass is 10.3. The van der Waals surface area contributed by atoms with Crippen molar-refractivity contribution in [2.45, 2.75) is 25.7 Å². The molecule has 0 radical (unpaired) electrons. The van der Waals surface area contributed by atoms with Crippen LogP contribution in [0.3, 0.4) is 0 Å². The van der Waals surface area contributed by atoms with E-state index in [2.05, 4.69) is 25.4 Å². The van der Waals surface area contributed by atoms with Crippen molar-refractivity contribution in [2.75, 3.05) is 4.72 Å². The minimum Gasteiger partial charge on any atom is -0.360 e. The molecule has 0 spiro atoms. The van der Waals surface area contributed by atoms with Gasteiger partial charge >= 0.3 is 0 Å². The molecular weight excluding hydrogens is 320 g/mol. The van der Waals surface area contributed by atoms with Gasteiger partial charge in [-0.15, -0.1) is 5.10 Å². The molecule has 0 saturated heterocycles. The van der Waals surface area contributed by atoms with E-state index in [0.29, 0.717) is 22.9 Å². The highest BCUT2D eigenvalue weighted by atomic mass is 32.2. The number of benzene rings is 1. The van der Waals surface area contributed by atoms with Gasteiger partial charge in [0.05, 0.1) is 11.4 Å². The van der Waals surface area contributed by atoms with E-state index in [-0.39, 0.29) is 10.7 Å². The second-order valence-electron chi connectivity index (χ2n) is 4.95. The van der Waals surface area contributed by atoms with Gasteiger partial charge in [-0.2, -0.15) is 4.68 Å². The Labute approximate surface area is 132 Å². The van der Waals surface area contributed by atoms with Crippen LogP contribution >= 0.6 is 0 Å². The third-order valence-electron chi connectivity index (χ3n) is 3.20. The molecule has 3 aromatic rings. The lowest BCUT2D eigenvalue weighted by Crippen LogP contribution is -2.14. The van der Waals surface area contributed by atoms with E-state index in [9.17, 15) is 8.42 Å². The predicted octanol–water partition coefficient (Wildman–Crippen LogP) is 1.38. The zero-order valence-corrected chi connectivity index (χ0v) is 13.5. The van der Waals surface area contributed by atoms with Crippen LogP contribution in [0.25, 0.3) is 5.69 Å². The normalized spacial score (nSPS) is 11.6. The minimum absolute atomic E-state index is 0.0431. The monoisotopic (exact) mass is 334 g/mol. The molecule has 0 amide bonds. The summed E-state index contributed by atoms with van der Waals surface area (Å²) in [6.07, 6.45) is 0. The molecule has 0 saturated carbocycles. The maximum atomic E-state index is 12.5. The smallest absolute Gasteiger partial charge is 0.267 e. The zero-order chi connectivity index (χ0) is 16.6. The standard InChI is InChI=1S/C13H14N6O3S/c1-8-13(9(2)22-15-8)23(20,21)16-11-5-4-6-12(7-11)19-10(3)14-17-18-19/h4-7,16H,1-3H3. The summed E-state index contributed by atoms with van der Waals surface area (Å²) in [7, 11) is -3.79. The van der Waals surface area contributed by atoms with Gasteiger partial charge in [0.25, 0.3) is 10.0 Å². The molecule has 0 aliphatic rings. The van der Waals surface area contributed by atoms with Crippen LogP contribution < -0.4 is 4.72 Å². The maximum Gasteiger partial charge on any atom is 0.267 e. The third kappa shape index (κ3) is 2.80. The van der Waals surface area contributed by atoms with Crippen LogP contribution in [0, 0.1) is 20.8 Å². The quantitative estimate of drug-likeness (QED) is 0.766. The Morgan fingerprint density at radius 2 is 2.00 bits per heavy atom. The summed E-state index contributed by atoms with van der Waals surface area (Å²) in [5.74, 6) is 0.832. The molecule has 0 unspecified atom stereocenters. The van der Waals surface area contributed by atoms with E-state index in [0.717, 1.165) is 0 Å². The molecule has 1 N–H and O–H groups in total. The molecule has 0 atom stereocenters. The van der Waals surface area contributed by atoms with E-state index in [1.165, 1.54) is 4.68 Å². The maximum absolute atomic E-state index is 12.5. The van der Waals surface area contributed by atoms with Crippen molar-refractivity contribution in [1.29, 1.82) is 0 Å². The van der Waals surface area contributed by atoms with Crippen molar-refractivity contribution in [3.63, 3.8) is 0 Å². The molecule has 120 valence electrons. The van der Waals surface area contributed by atoms with Gasteiger partial charge in [0.1, 0.15) is 5.69 Å². The van der Waals surface area contributed by atoms with Gasteiger partial charge in [0.15, 0.2) is 16.5 Å². The molecule has 2 aromatic heterocycles.